The van der Waals surface area contributed by atoms with Crippen molar-refractivity contribution in [1.82, 2.24) is 9.97 Å². The van der Waals surface area contributed by atoms with E-state index in [9.17, 15) is 0 Å². The minimum absolute atomic E-state index is 0.833. The van der Waals surface area contributed by atoms with Crippen LogP contribution in [0, 0.1) is 5.92 Å². The molecule has 0 amide bonds. The SMILES string of the molecule is CCCNc1cc(N2CCC(CCC)C2)nc(SC)n1. The molecule has 0 aromatic carbocycles. The van der Waals surface area contributed by atoms with Crippen molar-refractivity contribution in [3.05, 3.63) is 6.07 Å². The number of nitrogens with one attached hydrogen (secondary N) is 1. The standard InChI is InChI=1S/C15H26N4S/c1-4-6-12-7-9-19(11-12)14-10-13(16-8-5-2)17-15(18-14)20-3/h10,12H,4-9,11H2,1-3H3,(H,16,17,18). The number of hydrogen-bond acceptors (Lipinski definition) is 5. The number of nitrogens with zero attached hydrogens (tertiary/aromatic N) is 3. The van der Waals surface area contributed by atoms with Crippen LogP contribution in [0.4, 0.5) is 11.6 Å². The van der Waals surface area contributed by atoms with E-state index in [-0.39, 0.29) is 0 Å². The Bertz CT molecular complexity index is 424. The van der Waals surface area contributed by atoms with Gasteiger partial charge in [0, 0.05) is 25.7 Å². The first-order chi connectivity index (χ1) is 9.76. The molecule has 5 heteroatoms. The number of hydrogen-bond donors (Lipinski definition) is 1. The summed E-state index contributed by atoms with van der Waals surface area (Å²) < 4.78 is 0. The molecule has 1 unspecified atom stereocenters. The third kappa shape index (κ3) is 4.01. The van der Waals surface area contributed by atoms with Gasteiger partial charge in [0.1, 0.15) is 11.6 Å². The molecule has 1 atom stereocenters. The van der Waals surface area contributed by atoms with Gasteiger partial charge in [-0.2, -0.15) is 0 Å². The Labute approximate surface area is 126 Å². The topological polar surface area (TPSA) is 41.0 Å². The highest BCUT2D eigenvalue weighted by Gasteiger charge is 2.23. The summed E-state index contributed by atoms with van der Waals surface area (Å²) in [6.45, 7) is 7.67. The van der Waals surface area contributed by atoms with Crippen molar-refractivity contribution in [1.29, 1.82) is 0 Å². The van der Waals surface area contributed by atoms with E-state index in [4.69, 9.17) is 0 Å². The fraction of sp³-hybridized carbons (Fsp3) is 0.733. The van der Waals surface area contributed by atoms with E-state index in [0.29, 0.717) is 0 Å². The Kier molecular flexibility index (Phi) is 5.95. The van der Waals surface area contributed by atoms with Crippen LogP contribution >= 0.6 is 11.8 Å². The maximum Gasteiger partial charge on any atom is 0.191 e. The highest BCUT2D eigenvalue weighted by molar-refractivity contribution is 7.98. The molecule has 1 saturated heterocycles. The molecule has 2 rings (SSSR count). The number of thioether (sulfide) groups is 1. The maximum absolute atomic E-state index is 4.67. The van der Waals surface area contributed by atoms with Crippen LogP contribution in [0.15, 0.2) is 11.2 Å². The van der Waals surface area contributed by atoms with Gasteiger partial charge in [-0.1, -0.05) is 32.0 Å². The smallest absolute Gasteiger partial charge is 0.191 e. The predicted molar refractivity (Wildman–Crippen MR) is 87.8 cm³/mol. The summed E-state index contributed by atoms with van der Waals surface area (Å²) in [5, 5.41) is 4.24. The Balaban J connectivity index is 2.10. The summed E-state index contributed by atoms with van der Waals surface area (Å²) in [5.74, 6) is 2.88. The molecule has 0 spiro atoms. The second-order valence-electron chi connectivity index (χ2n) is 5.41. The van der Waals surface area contributed by atoms with Crippen molar-refractivity contribution >= 4 is 23.4 Å². The Morgan fingerprint density at radius 1 is 1.35 bits per heavy atom. The van der Waals surface area contributed by atoms with Crippen LogP contribution in [-0.4, -0.2) is 35.9 Å². The van der Waals surface area contributed by atoms with Gasteiger partial charge in [-0.25, -0.2) is 9.97 Å². The molecule has 1 aromatic rings. The van der Waals surface area contributed by atoms with E-state index in [0.717, 1.165) is 48.8 Å². The van der Waals surface area contributed by atoms with Crippen LogP contribution in [0.5, 0.6) is 0 Å². The van der Waals surface area contributed by atoms with Crippen LogP contribution in [0.3, 0.4) is 0 Å². The molecule has 2 heterocycles. The highest BCUT2D eigenvalue weighted by atomic mass is 32.2. The second-order valence-corrected chi connectivity index (χ2v) is 6.19. The lowest BCUT2D eigenvalue weighted by molar-refractivity contribution is 0.529. The van der Waals surface area contributed by atoms with Crippen molar-refractivity contribution in [2.75, 3.05) is 36.1 Å². The first-order valence-corrected chi connectivity index (χ1v) is 8.91. The second kappa shape index (κ2) is 7.72. The number of aromatic nitrogens is 2. The molecule has 1 fully saturated rings. The molecule has 112 valence electrons. The van der Waals surface area contributed by atoms with E-state index in [1.54, 1.807) is 11.8 Å². The fourth-order valence-corrected chi connectivity index (χ4v) is 3.07. The van der Waals surface area contributed by atoms with E-state index in [1.165, 1.54) is 19.3 Å². The summed E-state index contributed by atoms with van der Waals surface area (Å²) >= 11 is 1.61. The normalized spacial score (nSPS) is 18.6. The predicted octanol–water partition coefficient (Wildman–Crippen LogP) is 3.65. The zero-order valence-corrected chi connectivity index (χ0v) is 13.7. The molecule has 0 radical (unpaired) electrons. The fourth-order valence-electron chi connectivity index (χ4n) is 2.69. The molecule has 4 nitrogen and oxygen atoms in total. The van der Waals surface area contributed by atoms with E-state index in [2.05, 4.69) is 40.1 Å². The van der Waals surface area contributed by atoms with Crippen LogP contribution < -0.4 is 10.2 Å². The van der Waals surface area contributed by atoms with Gasteiger partial charge in [0.15, 0.2) is 5.16 Å². The van der Waals surface area contributed by atoms with Crippen LogP contribution in [-0.2, 0) is 0 Å². The molecule has 1 N–H and O–H groups in total. The number of rotatable bonds is 7. The van der Waals surface area contributed by atoms with Crippen LogP contribution in [0.1, 0.15) is 39.5 Å². The zero-order chi connectivity index (χ0) is 14.4. The molecule has 1 aliphatic rings. The van der Waals surface area contributed by atoms with Gasteiger partial charge in [0.05, 0.1) is 0 Å². The summed E-state index contributed by atoms with van der Waals surface area (Å²) in [7, 11) is 0. The maximum atomic E-state index is 4.67. The molecular formula is C15H26N4S. The van der Waals surface area contributed by atoms with Gasteiger partial charge in [-0.3, -0.25) is 0 Å². The zero-order valence-electron chi connectivity index (χ0n) is 12.9. The van der Waals surface area contributed by atoms with Crippen LogP contribution in [0.25, 0.3) is 0 Å². The molecule has 1 aromatic heterocycles. The van der Waals surface area contributed by atoms with E-state index in [1.807, 2.05) is 6.26 Å². The average Bonchev–Trinajstić information content (AvgIpc) is 2.94. The summed E-state index contributed by atoms with van der Waals surface area (Å²) in [5.41, 5.74) is 0. The Morgan fingerprint density at radius 3 is 2.90 bits per heavy atom. The summed E-state index contributed by atoms with van der Waals surface area (Å²) in [6.07, 6.45) is 7.05. The Hall–Kier alpha value is -0.970. The summed E-state index contributed by atoms with van der Waals surface area (Å²) in [4.78, 5) is 11.6. The quantitative estimate of drug-likeness (QED) is 0.614. The molecule has 0 saturated carbocycles. The lowest BCUT2D eigenvalue weighted by Crippen LogP contribution is -2.21. The molecular weight excluding hydrogens is 268 g/mol. The summed E-state index contributed by atoms with van der Waals surface area (Å²) in [6, 6.07) is 2.10. The van der Waals surface area contributed by atoms with Crippen molar-refractivity contribution in [3.8, 4) is 0 Å². The van der Waals surface area contributed by atoms with Gasteiger partial charge < -0.3 is 10.2 Å². The van der Waals surface area contributed by atoms with E-state index < -0.39 is 0 Å². The molecule has 0 aliphatic carbocycles. The third-order valence-corrected chi connectivity index (χ3v) is 4.29. The van der Waals surface area contributed by atoms with E-state index >= 15 is 0 Å². The Morgan fingerprint density at radius 2 is 2.20 bits per heavy atom. The van der Waals surface area contributed by atoms with Gasteiger partial charge in [-0.15, -0.1) is 0 Å². The first-order valence-electron chi connectivity index (χ1n) is 7.68. The van der Waals surface area contributed by atoms with Crippen molar-refractivity contribution < 1.29 is 0 Å². The van der Waals surface area contributed by atoms with Crippen molar-refractivity contribution in [2.24, 2.45) is 5.92 Å². The highest BCUT2D eigenvalue weighted by Crippen LogP contribution is 2.27. The van der Waals surface area contributed by atoms with Crippen LogP contribution in [0.2, 0.25) is 0 Å². The molecule has 20 heavy (non-hydrogen) atoms. The van der Waals surface area contributed by atoms with Gasteiger partial charge >= 0.3 is 0 Å². The largest absolute Gasteiger partial charge is 0.370 e. The van der Waals surface area contributed by atoms with Crippen molar-refractivity contribution in [2.45, 2.75) is 44.7 Å². The van der Waals surface area contributed by atoms with Gasteiger partial charge in [0.25, 0.3) is 0 Å². The van der Waals surface area contributed by atoms with Gasteiger partial charge in [0.2, 0.25) is 0 Å². The minimum Gasteiger partial charge on any atom is -0.370 e. The van der Waals surface area contributed by atoms with Crippen molar-refractivity contribution in [3.63, 3.8) is 0 Å². The molecule has 1 aliphatic heterocycles. The molecule has 0 bridgehead atoms. The lowest BCUT2D eigenvalue weighted by Gasteiger charge is -2.19. The lowest BCUT2D eigenvalue weighted by atomic mass is 10.0. The van der Waals surface area contributed by atoms with Gasteiger partial charge in [-0.05, 0) is 31.4 Å². The monoisotopic (exact) mass is 294 g/mol. The average molecular weight is 294 g/mol. The third-order valence-electron chi connectivity index (χ3n) is 3.74. The minimum atomic E-state index is 0.833. The first kappa shape index (κ1) is 15.4. The number of anilines is 2.